The number of sulfone groups is 1. The van der Waals surface area contributed by atoms with Crippen LogP contribution in [0.4, 0.5) is 0 Å². The lowest BCUT2D eigenvalue weighted by Crippen LogP contribution is -2.01. The second-order valence-corrected chi connectivity index (χ2v) is 7.17. The van der Waals surface area contributed by atoms with Crippen molar-refractivity contribution in [3.63, 3.8) is 0 Å². The van der Waals surface area contributed by atoms with Crippen molar-refractivity contribution in [1.82, 2.24) is 0 Å². The maximum absolute atomic E-state index is 12.1. The minimum atomic E-state index is -3.39. The summed E-state index contributed by atoms with van der Waals surface area (Å²) in [6.07, 6.45) is 1.49. The molecule has 2 aromatic carbocycles. The molecule has 6 heteroatoms. The van der Waals surface area contributed by atoms with E-state index in [0.29, 0.717) is 21.7 Å². The summed E-state index contributed by atoms with van der Waals surface area (Å²) in [5.41, 5.74) is 1.76. The van der Waals surface area contributed by atoms with Gasteiger partial charge in [0.25, 0.3) is 0 Å². The largest absolute Gasteiger partial charge is 0.465 e. The van der Waals surface area contributed by atoms with Gasteiger partial charge < -0.3 is 4.74 Å². The maximum Gasteiger partial charge on any atom is 0.337 e. The summed E-state index contributed by atoms with van der Waals surface area (Å²) in [6.45, 7) is 0. The average molecular weight is 351 g/mol. The van der Waals surface area contributed by atoms with E-state index in [4.69, 9.17) is 11.6 Å². The summed E-state index contributed by atoms with van der Waals surface area (Å²) in [7, 11) is -2.09. The molecule has 0 aliphatic heterocycles. The van der Waals surface area contributed by atoms with Crippen molar-refractivity contribution in [2.24, 2.45) is 0 Å². The van der Waals surface area contributed by atoms with E-state index < -0.39 is 15.8 Å². The molecule has 0 unspecified atom stereocenters. The Hall–Kier alpha value is -2.11. The Balaban J connectivity index is 2.08. The van der Waals surface area contributed by atoms with E-state index in [0.717, 1.165) is 5.41 Å². The fourth-order valence-corrected chi connectivity index (χ4v) is 3.14. The molecule has 0 amide bonds. The number of hydrogen-bond donors (Lipinski definition) is 0. The molecular formula is C17H15ClO4S. The van der Waals surface area contributed by atoms with Gasteiger partial charge in [-0.1, -0.05) is 35.9 Å². The molecule has 0 bridgehead atoms. The fraction of sp³-hybridized carbons (Fsp3) is 0.118. The summed E-state index contributed by atoms with van der Waals surface area (Å²) in [4.78, 5) is 11.3. The van der Waals surface area contributed by atoms with Crippen LogP contribution in [0.5, 0.6) is 0 Å². The quantitative estimate of drug-likeness (QED) is 0.771. The lowest BCUT2D eigenvalue weighted by atomic mass is 10.1. The number of benzene rings is 2. The van der Waals surface area contributed by atoms with E-state index in [1.54, 1.807) is 48.5 Å². The highest BCUT2D eigenvalue weighted by atomic mass is 35.5. The normalized spacial score (nSPS) is 11.6. The third-order valence-electron chi connectivity index (χ3n) is 3.08. The average Bonchev–Trinajstić information content (AvgIpc) is 2.55. The van der Waals surface area contributed by atoms with E-state index >= 15 is 0 Å². The van der Waals surface area contributed by atoms with Crippen LogP contribution in [0, 0.1) is 0 Å². The second-order valence-electron chi connectivity index (χ2n) is 4.85. The molecule has 0 atom stereocenters. The van der Waals surface area contributed by atoms with E-state index in [1.807, 2.05) is 0 Å². The van der Waals surface area contributed by atoms with Crippen molar-refractivity contribution in [2.45, 2.75) is 5.75 Å². The summed E-state index contributed by atoms with van der Waals surface area (Å²) >= 11 is 5.77. The van der Waals surface area contributed by atoms with Gasteiger partial charge in [0.1, 0.15) is 0 Å². The highest BCUT2D eigenvalue weighted by Gasteiger charge is 2.08. The van der Waals surface area contributed by atoms with Crippen molar-refractivity contribution < 1.29 is 17.9 Å². The van der Waals surface area contributed by atoms with E-state index in [-0.39, 0.29) is 5.75 Å². The zero-order valence-electron chi connectivity index (χ0n) is 12.4. The summed E-state index contributed by atoms with van der Waals surface area (Å²) in [5, 5.41) is 1.72. The van der Waals surface area contributed by atoms with Crippen molar-refractivity contribution in [2.75, 3.05) is 7.11 Å². The number of carbonyl (C=O) groups excluding carboxylic acids is 1. The standard InChI is InChI=1S/C17H15ClO4S/c1-22-17(19)15-6-2-13(3-7-15)10-11-23(20,21)12-14-4-8-16(18)9-5-14/h2-11H,12H2,1H3/b11-10+. The second kappa shape index (κ2) is 7.44. The molecule has 23 heavy (non-hydrogen) atoms. The molecule has 2 rings (SSSR count). The molecule has 4 nitrogen and oxygen atoms in total. The van der Waals surface area contributed by atoms with Crippen LogP contribution in [0.25, 0.3) is 6.08 Å². The monoisotopic (exact) mass is 350 g/mol. The number of carbonyl (C=O) groups is 1. The Morgan fingerprint density at radius 1 is 1.09 bits per heavy atom. The van der Waals surface area contributed by atoms with Crippen molar-refractivity contribution in [3.05, 3.63) is 75.7 Å². The zero-order chi connectivity index (χ0) is 16.9. The van der Waals surface area contributed by atoms with Gasteiger partial charge in [-0.15, -0.1) is 0 Å². The SMILES string of the molecule is COC(=O)c1ccc(/C=C/S(=O)(=O)Cc2ccc(Cl)cc2)cc1. The Labute approximate surface area is 140 Å². The van der Waals surface area contributed by atoms with Gasteiger partial charge in [0.15, 0.2) is 9.84 Å². The Morgan fingerprint density at radius 2 is 1.70 bits per heavy atom. The number of esters is 1. The van der Waals surface area contributed by atoms with Crippen LogP contribution in [-0.2, 0) is 20.3 Å². The predicted molar refractivity (Wildman–Crippen MR) is 90.9 cm³/mol. The topological polar surface area (TPSA) is 60.4 Å². The molecule has 120 valence electrons. The van der Waals surface area contributed by atoms with Crippen LogP contribution < -0.4 is 0 Å². The van der Waals surface area contributed by atoms with Crippen molar-refractivity contribution >= 4 is 33.5 Å². The van der Waals surface area contributed by atoms with Crippen LogP contribution in [0.2, 0.25) is 5.02 Å². The zero-order valence-corrected chi connectivity index (χ0v) is 14.0. The van der Waals surface area contributed by atoms with Crippen LogP contribution >= 0.6 is 11.6 Å². The molecular weight excluding hydrogens is 336 g/mol. The summed E-state index contributed by atoms with van der Waals surface area (Å²) < 4.78 is 28.8. The number of hydrogen-bond acceptors (Lipinski definition) is 4. The number of ether oxygens (including phenoxy) is 1. The first-order valence-electron chi connectivity index (χ1n) is 6.73. The minimum absolute atomic E-state index is 0.0963. The molecule has 0 saturated carbocycles. The lowest BCUT2D eigenvalue weighted by molar-refractivity contribution is 0.0600. The first-order valence-corrected chi connectivity index (χ1v) is 8.82. The van der Waals surface area contributed by atoms with Gasteiger partial charge in [0, 0.05) is 10.4 Å². The van der Waals surface area contributed by atoms with E-state index in [1.165, 1.54) is 13.2 Å². The lowest BCUT2D eigenvalue weighted by Gasteiger charge is -2.01. The molecule has 0 aliphatic rings. The Kier molecular flexibility index (Phi) is 5.58. The van der Waals surface area contributed by atoms with Gasteiger partial charge in [-0.25, -0.2) is 13.2 Å². The first-order chi connectivity index (χ1) is 10.9. The summed E-state index contributed by atoms with van der Waals surface area (Å²) in [5.74, 6) is -0.531. The van der Waals surface area contributed by atoms with Gasteiger partial charge in [-0.2, -0.15) is 0 Å². The highest BCUT2D eigenvalue weighted by molar-refractivity contribution is 7.93. The molecule has 0 spiro atoms. The Morgan fingerprint density at radius 3 is 2.26 bits per heavy atom. The van der Waals surface area contributed by atoms with Crippen LogP contribution in [-0.4, -0.2) is 21.5 Å². The third-order valence-corrected chi connectivity index (χ3v) is 4.62. The van der Waals surface area contributed by atoms with Crippen LogP contribution in [0.3, 0.4) is 0 Å². The first kappa shape index (κ1) is 17.2. The van der Waals surface area contributed by atoms with Gasteiger partial charge >= 0.3 is 5.97 Å². The van der Waals surface area contributed by atoms with Gasteiger partial charge in [-0.3, -0.25) is 0 Å². The molecule has 2 aromatic rings. The molecule has 0 fully saturated rings. The smallest absolute Gasteiger partial charge is 0.337 e. The maximum atomic E-state index is 12.1. The predicted octanol–water partition coefficient (Wildman–Crippen LogP) is 3.71. The van der Waals surface area contributed by atoms with Crippen LogP contribution in [0.15, 0.2) is 53.9 Å². The molecule has 0 radical (unpaired) electrons. The molecule has 0 N–H and O–H groups in total. The summed E-state index contributed by atoms with van der Waals surface area (Å²) in [6, 6.07) is 13.1. The molecule has 0 heterocycles. The van der Waals surface area contributed by atoms with Gasteiger partial charge in [0.2, 0.25) is 0 Å². The van der Waals surface area contributed by atoms with Crippen LogP contribution in [0.1, 0.15) is 21.5 Å². The number of halogens is 1. The molecule has 0 saturated heterocycles. The minimum Gasteiger partial charge on any atom is -0.465 e. The number of rotatable bonds is 5. The fourth-order valence-electron chi connectivity index (χ4n) is 1.89. The van der Waals surface area contributed by atoms with Gasteiger partial charge in [0.05, 0.1) is 18.4 Å². The Bertz CT molecular complexity index is 807. The molecule has 0 aliphatic carbocycles. The van der Waals surface area contributed by atoms with E-state index in [9.17, 15) is 13.2 Å². The van der Waals surface area contributed by atoms with E-state index in [2.05, 4.69) is 4.74 Å². The number of methoxy groups -OCH3 is 1. The van der Waals surface area contributed by atoms with Gasteiger partial charge in [-0.05, 0) is 41.5 Å². The van der Waals surface area contributed by atoms with Crippen molar-refractivity contribution in [1.29, 1.82) is 0 Å². The van der Waals surface area contributed by atoms with Crippen molar-refractivity contribution in [3.8, 4) is 0 Å². The molecule has 0 aromatic heterocycles. The third kappa shape index (κ3) is 5.23. The highest BCUT2D eigenvalue weighted by Crippen LogP contribution is 2.14.